The van der Waals surface area contributed by atoms with Gasteiger partial charge in [-0.3, -0.25) is 9.59 Å². The zero-order valence-corrected chi connectivity index (χ0v) is 15.4. The first-order valence-electron chi connectivity index (χ1n) is 9.20. The monoisotopic (exact) mass is 351 g/mol. The molecule has 1 aliphatic rings. The van der Waals surface area contributed by atoms with Gasteiger partial charge in [-0.25, -0.2) is 0 Å². The lowest BCUT2D eigenvalue weighted by molar-refractivity contribution is -0.130. The van der Waals surface area contributed by atoms with E-state index in [1.54, 1.807) is 4.90 Å². The number of Topliss-reactive ketones (excluding diaryl/α,β-unsaturated/α-hetero) is 1. The summed E-state index contributed by atoms with van der Waals surface area (Å²) >= 11 is 0. The average molecular weight is 351 g/mol. The Kier molecular flexibility index (Phi) is 5.71. The summed E-state index contributed by atoms with van der Waals surface area (Å²) in [6.07, 6.45) is 1.92. The van der Waals surface area contributed by atoms with Gasteiger partial charge in [0.15, 0.2) is 5.78 Å². The van der Waals surface area contributed by atoms with Crippen LogP contribution in [-0.4, -0.2) is 35.8 Å². The highest BCUT2D eigenvalue weighted by molar-refractivity contribution is 6.02. The van der Waals surface area contributed by atoms with Gasteiger partial charge >= 0.3 is 0 Å². The number of ether oxygens (including phenoxy) is 1. The number of amides is 1. The molecule has 1 aliphatic heterocycles. The first-order chi connectivity index (χ1) is 12.6. The fraction of sp³-hybridized carbons (Fsp3) is 0.364. The SMILES string of the molecule is CCOc1ccc(CC(=O)N2CCCC2C(=O)c2ccc(C)cc2)cc1. The number of rotatable bonds is 6. The lowest BCUT2D eigenvalue weighted by Crippen LogP contribution is -2.41. The molecule has 136 valence electrons. The first kappa shape index (κ1) is 18.2. The van der Waals surface area contributed by atoms with Crippen molar-refractivity contribution >= 4 is 11.7 Å². The molecule has 1 atom stereocenters. The number of carbonyl (C=O) groups excluding carboxylic acids is 2. The van der Waals surface area contributed by atoms with Gasteiger partial charge in [0.2, 0.25) is 5.91 Å². The number of carbonyl (C=O) groups is 2. The smallest absolute Gasteiger partial charge is 0.227 e. The van der Waals surface area contributed by atoms with Crippen molar-refractivity contribution in [2.24, 2.45) is 0 Å². The van der Waals surface area contributed by atoms with Gasteiger partial charge in [0.05, 0.1) is 19.1 Å². The van der Waals surface area contributed by atoms with Crippen molar-refractivity contribution in [3.05, 3.63) is 65.2 Å². The van der Waals surface area contributed by atoms with E-state index in [-0.39, 0.29) is 17.7 Å². The molecule has 2 aromatic carbocycles. The minimum Gasteiger partial charge on any atom is -0.494 e. The molecule has 0 aromatic heterocycles. The number of aryl methyl sites for hydroxylation is 1. The van der Waals surface area contributed by atoms with Crippen LogP contribution in [0, 0.1) is 6.92 Å². The van der Waals surface area contributed by atoms with E-state index in [1.165, 1.54) is 0 Å². The van der Waals surface area contributed by atoms with Crippen molar-refractivity contribution < 1.29 is 14.3 Å². The Bertz CT molecular complexity index is 765. The van der Waals surface area contributed by atoms with Crippen molar-refractivity contribution in [1.29, 1.82) is 0 Å². The number of ketones is 1. The largest absolute Gasteiger partial charge is 0.494 e. The molecule has 3 rings (SSSR count). The molecule has 4 nitrogen and oxygen atoms in total. The molecule has 1 unspecified atom stereocenters. The standard InChI is InChI=1S/C22H25NO3/c1-3-26-19-12-8-17(9-13-19)15-21(24)23-14-4-5-20(23)22(25)18-10-6-16(2)7-11-18/h6-13,20H,3-5,14-15H2,1-2H3. The molecule has 0 saturated carbocycles. The summed E-state index contributed by atoms with van der Waals surface area (Å²) in [5, 5.41) is 0. The van der Waals surface area contributed by atoms with Gasteiger partial charge in [-0.2, -0.15) is 0 Å². The van der Waals surface area contributed by atoms with E-state index in [9.17, 15) is 9.59 Å². The van der Waals surface area contributed by atoms with E-state index in [2.05, 4.69) is 0 Å². The Morgan fingerprint density at radius 2 is 1.77 bits per heavy atom. The van der Waals surface area contributed by atoms with Crippen LogP contribution in [0.2, 0.25) is 0 Å². The van der Waals surface area contributed by atoms with Crippen molar-refractivity contribution in [1.82, 2.24) is 4.90 Å². The van der Waals surface area contributed by atoms with Crippen LogP contribution in [0.25, 0.3) is 0 Å². The van der Waals surface area contributed by atoms with E-state index in [0.717, 1.165) is 29.7 Å². The van der Waals surface area contributed by atoms with E-state index < -0.39 is 0 Å². The van der Waals surface area contributed by atoms with Gasteiger partial charge in [0.25, 0.3) is 0 Å². The maximum Gasteiger partial charge on any atom is 0.227 e. The molecule has 0 N–H and O–H groups in total. The third-order valence-corrected chi connectivity index (χ3v) is 4.80. The Hall–Kier alpha value is -2.62. The van der Waals surface area contributed by atoms with Gasteiger partial charge in [0, 0.05) is 12.1 Å². The van der Waals surface area contributed by atoms with Crippen LogP contribution in [0.4, 0.5) is 0 Å². The maximum absolute atomic E-state index is 12.8. The van der Waals surface area contributed by atoms with Crippen LogP contribution in [0.1, 0.15) is 41.3 Å². The van der Waals surface area contributed by atoms with Crippen LogP contribution in [-0.2, 0) is 11.2 Å². The fourth-order valence-electron chi connectivity index (χ4n) is 3.39. The number of likely N-dealkylation sites (tertiary alicyclic amines) is 1. The number of hydrogen-bond donors (Lipinski definition) is 0. The number of benzene rings is 2. The summed E-state index contributed by atoms with van der Waals surface area (Å²) < 4.78 is 5.43. The minimum absolute atomic E-state index is 0.0112. The van der Waals surface area contributed by atoms with Crippen LogP contribution in [0.15, 0.2) is 48.5 Å². The van der Waals surface area contributed by atoms with E-state index in [1.807, 2.05) is 62.4 Å². The highest BCUT2D eigenvalue weighted by atomic mass is 16.5. The fourth-order valence-corrected chi connectivity index (χ4v) is 3.39. The van der Waals surface area contributed by atoms with Gasteiger partial charge in [0.1, 0.15) is 5.75 Å². The molecule has 1 saturated heterocycles. The molecule has 1 heterocycles. The maximum atomic E-state index is 12.8. The Morgan fingerprint density at radius 3 is 2.42 bits per heavy atom. The van der Waals surface area contributed by atoms with E-state index in [4.69, 9.17) is 4.74 Å². The molecular weight excluding hydrogens is 326 g/mol. The number of nitrogens with zero attached hydrogens (tertiary/aromatic N) is 1. The molecular formula is C22H25NO3. The van der Waals surface area contributed by atoms with Crippen LogP contribution in [0.3, 0.4) is 0 Å². The summed E-state index contributed by atoms with van der Waals surface area (Å²) in [7, 11) is 0. The van der Waals surface area contributed by atoms with E-state index in [0.29, 0.717) is 25.1 Å². The quantitative estimate of drug-likeness (QED) is 0.744. The summed E-state index contributed by atoms with van der Waals surface area (Å²) in [5.41, 5.74) is 2.74. The second-order valence-corrected chi connectivity index (χ2v) is 6.73. The third kappa shape index (κ3) is 4.13. The van der Waals surface area contributed by atoms with Crippen molar-refractivity contribution in [2.75, 3.05) is 13.2 Å². The highest BCUT2D eigenvalue weighted by Gasteiger charge is 2.34. The lowest BCUT2D eigenvalue weighted by atomic mass is 10.0. The molecule has 0 spiro atoms. The topological polar surface area (TPSA) is 46.6 Å². The second-order valence-electron chi connectivity index (χ2n) is 6.73. The molecule has 1 amide bonds. The van der Waals surface area contributed by atoms with Crippen molar-refractivity contribution in [2.45, 2.75) is 39.2 Å². The minimum atomic E-state index is -0.340. The summed E-state index contributed by atoms with van der Waals surface area (Å²) in [4.78, 5) is 27.3. The Morgan fingerprint density at radius 1 is 1.08 bits per heavy atom. The van der Waals surface area contributed by atoms with Gasteiger partial charge in [-0.1, -0.05) is 42.0 Å². The van der Waals surface area contributed by atoms with Gasteiger partial charge in [-0.05, 0) is 44.4 Å². The molecule has 0 bridgehead atoms. The van der Waals surface area contributed by atoms with Crippen molar-refractivity contribution in [3.63, 3.8) is 0 Å². The zero-order chi connectivity index (χ0) is 18.5. The summed E-state index contributed by atoms with van der Waals surface area (Å²) in [5.74, 6) is 0.858. The van der Waals surface area contributed by atoms with Crippen LogP contribution >= 0.6 is 0 Å². The molecule has 1 fully saturated rings. The Labute approximate surface area is 154 Å². The van der Waals surface area contributed by atoms with Gasteiger partial charge in [-0.15, -0.1) is 0 Å². The highest BCUT2D eigenvalue weighted by Crippen LogP contribution is 2.23. The predicted molar refractivity (Wildman–Crippen MR) is 102 cm³/mol. The molecule has 0 aliphatic carbocycles. The van der Waals surface area contributed by atoms with E-state index >= 15 is 0 Å². The predicted octanol–water partition coefficient (Wildman–Crippen LogP) is 3.81. The summed E-state index contributed by atoms with van der Waals surface area (Å²) in [6.45, 7) is 5.21. The normalized spacial score (nSPS) is 16.5. The first-order valence-corrected chi connectivity index (χ1v) is 9.20. The van der Waals surface area contributed by atoms with Crippen molar-refractivity contribution in [3.8, 4) is 5.75 Å². The van der Waals surface area contributed by atoms with Crippen LogP contribution in [0.5, 0.6) is 5.75 Å². The Balaban J connectivity index is 1.67. The third-order valence-electron chi connectivity index (χ3n) is 4.80. The lowest BCUT2D eigenvalue weighted by Gasteiger charge is -2.24. The molecule has 0 radical (unpaired) electrons. The average Bonchev–Trinajstić information content (AvgIpc) is 3.13. The summed E-state index contributed by atoms with van der Waals surface area (Å²) in [6, 6.07) is 14.8. The second kappa shape index (κ2) is 8.17. The van der Waals surface area contributed by atoms with Crippen LogP contribution < -0.4 is 4.74 Å². The molecule has 2 aromatic rings. The zero-order valence-electron chi connectivity index (χ0n) is 15.4. The van der Waals surface area contributed by atoms with Gasteiger partial charge < -0.3 is 9.64 Å². The molecule has 4 heteroatoms. The molecule has 26 heavy (non-hydrogen) atoms. The number of hydrogen-bond acceptors (Lipinski definition) is 3.